The first-order valence-corrected chi connectivity index (χ1v) is 9.02. The number of benzene rings is 2. The zero-order valence-corrected chi connectivity index (χ0v) is 16.2. The van der Waals surface area contributed by atoms with Crippen LogP contribution >= 0.6 is 0 Å². The van der Waals surface area contributed by atoms with E-state index in [1.165, 1.54) is 7.11 Å². The van der Waals surface area contributed by atoms with Gasteiger partial charge in [-0.2, -0.15) is 0 Å². The van der Waals surface area contributed by atoms with Crippen LogP contribution in [0, 0.1) is 6.92 Å². The highest BCUT2D eigenvalue weighted by Crippen LogP contribution is 2.30. The van der Waals surface area contributed by atoms with Crippen LogP contribution in [0.2, 0.25) is 0 Å². The van der Waals surface area contributed by atoms with Crippen molar-refractivity contribution >= 4 is 34.8 Å². The van der Waals surface area contributed by atoms with Crippen molar-refractivity contribution in [3.63, 3.8) is 0 Å². The van der Waals surface area contributed by atoms with E-state index in [4.69, 9.17) is 4.74 Å². The third kappa shape index (κ3) is 4.14. The molecule has 0 atom stereocenters. The zero-order chi connectivity index (χ0) is 20.3. The fourth-order valence-electron chi connectivity index (χ4n) is 3.29. The molecule has 0 fully saturated rings. The third-order valence-corrected chi connectivity index (χ3v) is 4.73. The molecule has 0 saturated carbocycles. The highest BCUT2D eigenvalue weighted by molar-refractivity contribution is 5.97. The number of amides is 2. The Morgan fingerprint density at radius 3 is 2.61 bits per heavy atom. The van der Waals surface area contributed by atoms with Gasteiger partial charge in [-0.15, -0.1) is 0 Å². The van der Waals surface area contributed by atoms with Crippen LogP contribution in [-0.2, 0) is 20.7 Å². The summed E-state index contributed by atoms with van der Waals surface area (Å²) in [6.07, 6.45) is 0.780. The average Bonchev–Trinajstić information content (AvgIpc) is 3.09. The molecule has 7 nitrogen and oxygen atoms in total. The second kappa shape index (κ2) is 8.12. The molecule has 0 aromatic heterocycles. The number of hydrogen-bond acceptors (Lipinski definition) is 5. The van der Waals surface area contributed by atoms with E-state index in [0.717, 1.165) is 28.9 Å². The van der Waals surface area contributed by atoms with Crippen molar-refractivity contribution in [1.82, 2.24) is 0 Å². The summed E-state index contributed by atoms with van der Waals surface area (Å²) in [5.41, 5.74) is 4.74. The molecule has 28 heavy (non-hydrogen) atoms. The monoisotopic (exact) mass is 381 g/mol. The smallest absolute Gasteiger partial charge is 0.337 e. The van der Waals surface area contributed by atoms with E-state index >= 15 is 0 Å². The van der Waals surface area contributed by atoms with Crippen LogP contribution in [-0.4, -0.2) is 38.0 Å². The van der Waals surface area contributed by atoms with Crippen molar-refractivity contribution in [2.24, 2.45) is 0 Å². The number of carbonyl (C=O) groups is 3. The predicted molar refractivity (Wildman–Crippen MR) is 108 cm³/mol. The van der Waals surface area contributed by atoms with E-state index in [9.17, 15) is 14.4 Å². The second-order valence-electron chi connectivity index (χ2n) is 6.69. The molecule has 1 aliphatic rings. The van der Waals surface area contributed by atoms with E-state index < -0.39 is 5.97 Å². The quantitative estimate of drug-likeness (QED) is 0.778. The molecule has 0 radical (unpaired) electrons. The molecule has 0 unspecified atom stereocenters. The molecular formula is C21H23N3O4. The Morgan fingerprint density at radius 2 is 1.93 bits per heavy atom. The number of hydrogen-bond donors (Lipinski definition) is 2. The first-order chi connectivity index (χ1) is 13.4. The van der Waals surface area contributed by atoms with Gasteiger partial charge in [0, 0.05) is 30.5 Å². The standard InChI is InChI=1S/C21H23N3O4/c1-13-10-16(21(27)28-3)4-6-18(13)22-12-20(26)23-17-5-7-19-15(11-17)8-9-24(19)14(2)25/h4-7,10-11,22H,8-9,12H2,1-3H3,(H,23,26). The Kier molecular flexibility index (Phi) is 5.63. The van der Waals surface area contributed by atoms with Crippen LogP contribution in [0.25, 0.3) is 0 Å². The lowest BCUT2D eigenvalue weighted by molar-refractivity contribution is -0.116. The molecule has 0 saturated heterocycles. The Labute approximate surface area is 163 Å². The molecule has 2 aromatic rings. The highest BCUT2D eigenvalue weighted by Gasteiger charge is 2.22. The molecule has 1 aliphatic heterocycles. The SMILES string of the molecule is COC(=O)c1ccc(NCC(=O)Nc2ccc3c(c2)CCN3C(C)=O)c(C)c1. The first-order valence-electron chi connectivity index (χ1n) is 9.02. The van der Waals surface area contributed by atoms with E-state index in [2.05, 4.69) is 10.6 Å². The molecule has 2 amide bonds. The number of nitrogens with one attached hydrogen (secondary N) is 2. The van der Waals surface area contributed by atoms with Crippen molar-refractivity contribution < 1.29 is 19.1 Å². The van der Waals surface area contributed by atoms with Crippen molar-refractivity contribution in [3.8, 4) is 0 Å². The fourth-order valence-corrected chi connectivity index (χ4v) is 3.29. The van der Waals surface area contributed by atoms with Crippen molar-refractivity contribution in [2.75, 3.05) is 35.7 Å². The van der Waals surface area contributed by atoms with Crippen LogP contribution in [0.3, 0.4) is 0 Å². The first kappa shape index (κ1) is 19.4. The minimum atomic E-state index is -0.396. The summed E-state index contributed by atoms with van der Waals surface area (Å²) < 4.78 is 4.70. The van der Waals surface area contributed by atoms with Gasteiger partial charge in [0.1, 0.15) is 0 Å². The van der Waals surface area contributed by atoms with Gasteiger partial charge in [-0.3, -0.25) is 9.59 Å². The Bertz CT molecular complexity index is 939. The molecular weight excluding hydrogens is 358 g/mol. The van der Waals surface area contributed by atoms with Crippen molar-refractivity contribution in [2.45, 2.75) is 20.3 Å². The number of methoxy groups -OCH3 is 1. The number of carbonyl (C=O) groups excluding carboxylic acids is 3. The molecule has 146 valence electrons. The lowest BCUT2D eigenvalue weighted by Crippen LogP contribution is -2.25. The maximum atomic E-state index is 12.3. The van der Waals surface area contributed by atoms with E-state index in [1.807, 2.05) is 19.1 Å². The van der Waals surface area contributed by atoms with Crippen LogP contribution in [0.4, 0.5) is 17.1 Å². The van der Waals surface area contributed by atoms with E-state index in [-0.39, 0.29) is 18.4 Å². The third-order valence-electron chi connectivity index (χ3n) is 4.73. The van der Waals surface area contributed by atoms with Crippen LogP contribution < -0.4 is 15.5 Å². The van der Waals surface area contributed by atoms with Gasteiger partial charge in [-0.25, -0.2) is 4.79 Å². The van der Waals surface area contributed by atoms with Gasteiger partial charge in [-0.1, -0.05) is 0 Å². The maximum absolute atomic E-state index is 12.3. The van der Waals surface area contributed by atoms with Gasteiger partial charge in [0.05, 0.1) is 19.2 Å². The molecule has 2 aromatic carbocycles. The topological polar surface area (TPSA) is 87.7 Å². The summed E-state index contributed by atoms with van der Waals surface area (Å²) in [6.45, 7) is 4.17. The van der Waals surface area contributed by atoms with Gasteiger partial charge < -0.3 is 20.3 Å². The lowest BCUT2D eigenvalue weighted by atomic mass is 10.1. The summed E-state index contributed by atoms with van der Waals surface area (Å²) in [5, 5.41) is 5.94. The zero-order valence-electron chi connectivity index (χ0n) is 16.2. The van der Waals surface area contributed by atoms with Gasteiger partial charge in [-0.05, 0) is 60.9 Å². The predicted octanol–water partition coefficient (Wildman–Crippen LogP) is 2.74. The average molecular weight is 381 g/mol. The largest absolute Gasteiger partial charge is 0.465 e. The molecule has 2 N–H and O–H groups in total. The van der Waals surface area contributed by atoms with Crippen LogP contribution in [0.15, 0.2) is 36.4 Å². The lowest BCUT2D eigenvalue weighted by Gasteiger charge is -2.15. The number of esters is 1. The molecule has 0 bridgehead atoms. The maximum Gasteiger partial charge on any atom is 0.337 e. The molecule has 7 heteroatoms. The van der Waals surface area contributed by atoms with Gasteiger partial charge in [0.15, 0.2) is 0 Å². The number of rotatable bonds is 5. The minimum Gasteiger partial charge on any atom is -0.465 e. The Hall–Kier alpha value is -3.35. The van der Waals surface area contributed by atoms with Crippen LogP contribution in [0.5, 0.6) is 0 Å². The summed E-state index contributed by atoms with van der Waals surface area (Å²) in [4.78, 5) is 37.2. The molecule has 0 spiro atoms. The molecule has 1 heterocycles. The fraction of sp³-hybridized carbons (Fsp3) is 0.286. The summed E-state index contributed by atoms with van der Waals surface area (Å²) in [5.74, 6) is -0.557. The normalized spacial score (nSPS) is 12.3. The summed E-state index contributed by atoms with van der Waals surface area (Å²) >= 11 is 0. The van der Waals surface area contributed by atoms with Gasteiger partial charge in [0.25, 0.3) is 0 Å². The van der Waals surface area contributed by atoms with Crippen molar-refractivity contribution in [3.05, 3.63) is 53.1 Å². The summed E-state index contributed by atoms with van der Waals surface area (Å²) in [7, 11) is 1.34. The number of fused-ring (bicyclic) bond motifs is 1. The summed E-state index contributed by atoms with van der Waals surface area (Å²) in [6, 6.07) is 10.7. The van der Waals surface area contributed by atoms with E-state index in [1.54, 1.807) is 36.1 Å². The second-order valence-corrected chi connectivity index (χ2v) is 6.69. The molecule has 0 aliphatic carbocycles. The number of ether oxygens (including phenoxy) is 1. The number of anilines is 3. The number of nitrogens with zero attached hydrogens (tertiary/aromatic N) is 1. The van der Waals surface area contributed by atoms with Gasteiger partial charge in [0.2, 0.25) is 11.8 Å². The van der Waals surface area contributed by atoms with Crippen LogP contribution in [0.1, 0.15) is 28.4 Å². The number of aryl methyl sites for hydroxylation is 1. The van der Waals surface area contributed by atoms with E-state index in [0.29, 0.717) is 17.8 Å². The Morgan fingerprint density at radius 1 is 1.14 bits per heavy atom. The highest BCUT2D eigenvalue weighted by atomic mass is 16.5. The Balaban J connectivity index is 1.60. The molecule has 3 rings (SSSR count). The van der Waals surface area contributed by atoms with Crippen molar-refractivity contribution in [1.29, 1.82) is 0 Å². The minimum absolute atomic E-state index is 0.0216. The van der Waals surface area contributed by atoms with Gasteiger partial charge >= 0.3 is 5.97 Å².